The van der Waals surface area contributed by atoms with Gasteiger partial charge in [0, 0.05) is 11.3 Å². The van der Waals surface area contributed by atoms with E-state index in [1.165, 1.54) is 16.7 Å². The highest BCUT2D eigenvalue weighted by molar-refractivity contribution is 5.51. The molecule has 4 aliphatic rings. The van der Waals surface area contributed by atoms with Gasteiger partial charge >= 0.3 is 0 Å². The summed E-state index contributed by atoms with van der Waals surface area (Å²) in [5.41, 5.74) is 3.14. The normalized spacial score (nSPS) is 42.8. The molecule has 2 N–H and O–H groups in total. The average Bonchev–Trinajstić information content (AvgIpc) is 3.00. The van der Waals surface area contributed by atoms with Crippen LogP contribution in [-0.2, 0) is 9.53 Å². The lowest BCUT2D eigenvalue weighted by atomic mass is 9.44. The number of ether oxygens (including phenoxy) is 1. The lowest BCUT2D eigenvalue weighted by Crippen LogP contribution is -2.56. The second kappa shape index (κ2) is 8.87. The van der Waals surface area contributed by atoms with Gasteiger partial charge in [-0.3, -0.25) is 4.79 Å². The second-order valence-electron chi connectivity index (χ2n) is 13.6. The minimum atomic E-state index is -0.485. The van der Waals surface area contributed by atoms with Gasteiger partial charge in [0.25, 0.3) is 6.47 Å². The Morgan fingerprint density at radius 1 is 1.14 bits per heavy atom. The largest absolute Gasteiger partial charge is 0.464 e. The fraction of sp³-hybridized carbons (Fsp3) is 0.774. The summed E-state index contributed by atoms with van der Waals surface area (Å²) in [6.07, 6.45) is 9.66. The topological polar surface area (TPSA) is 66.8 Å². The Balaban J connectivity index is 1.71. The van der Waals surface area contributed by atoms with Crippen molar-refractivity contribution >= 4 is 6.47 Å². The zero-order valence-corrected chi connectivity index (χ0v) is 23.1. The summed E-state index contributed by atoms with van der Waals surface area (Å²) >= 11 is 0. The van der Waals surface area contributed by atoms with E-state index in [9.17, 15) is 15.0 Å². The number of hydrogen-bond acceptors (Lipinski definition) is 4. The molecular weight excluding hydrogens is 436 g/mol. The van der Waals surface area contributed by atoms with Crippen molar-refractivity contribution in [1.82, 2.24) is 0 Å². The molecule has 2 unspecified atom stereocenters. The van der Waals surface area contributed by atoms with E-state index in [4.69, 9.17) is 4.74 Å². The third-order valence-corrected chi connectivity index (χ3v) is 11.6. The third kappa shape index (κ3) is 3.72. The van der Waals surface area contributed by atoms with Crippen molar-refractivity contribution in [2.45, 2.75) is 112 Å². The number of carbonyl (C=O) groups excluding carboxylic acids is 1. The van der Waals surface area contributed by atoms with Crippen molar-refractivity contribution < 1.29 is 19.7 Å². The molecule has 2 fully saturated rings. The van der Waals surface area contributed by atoms with Crippen LogP contribution < -0.4 is 0 Å². The maximum absolute atomic E-state index is 11.7. The lowest BCUT2D eigenvalue weighted by Gasteiger charge is -2.61. The smallest absolute Gasteiger partial charge is 0.293 e. The molecule has 0 amide bonds. The van der Waals surface area contributed by atoms with Gasteiger partial charge in [0.2, 0.25) is 0 Å². The van der Waals surface area contributed by atoms with Crippen LogP contribution in [0.1, 0.15) is 93.4 Å². The van der Waals surface area contributed by atoms with Crippen molar-refractivity contribution in [3.8, 4) is 0 Å². The molecule has 0 spiro atoms. The van der Waals surface area contributed by atoms with Crippen LogP contribution in [-0.4, -0.2) is 35.0 Å². The zero-order valence-electron chi connectivity index (χ0n) is 23.1. The first-order valence-corrected chi connectivity index (χ1v) is 13.8. The fourth-order valence-corrected chi connectivity index (χ4v) is 8.69. The predicted octanol–water partition coefficient (Wildman–Crippen LogP) is 6.38. The van der Waals surface area contributed by atoms with Crippen LogP contribution in [0.5, 0.6) is 0 Å². The summed E-state index contributed by atoms with van der Waals surface area (Å²) in [4.78, 5) is 11.5. The van der Waals surface area contributed by atoms with E-state index in [1.54, 1.807) is 0 Å². The van der Waals surface area contributed by atoms with Crippen LogP contribution in [0.25, 0.3) is 0 Å². The van der Waals surface area contributed by atoms with E-state index in [0.717, 1.165) is 38.5 Å². The highest BCUT2D eigenvalue weighted by atomic mass is 16.5. The molecule has 196 valence electrons. The van der Waals surface area contributed by atoms with Gasteiger partial charge in [0.15, 0.2) is 0 Å². The Morgan fingerprint density at radius 3 is 2.46 bits per heavy atom. The van der Waals surface area contributed by atoms with E-state index < -0.39 is 11.5 Å². The number of aliphatic hydroxyl groups is 2. The molecule has 0 aromatic carbocycles. The Hall–Kier alpha value is -1.39. The number of carbonyl (C=O) groups is 1. The van der Waals surface area contributed by atoms with Crippen molar-refractivity contribution in [3.05, 3.63) is 35.5 Å². The van der Waals surface area contributed by atoms with E-state index in [-0.39, 0.29) is 34.4 Å². The molecule has 0 bridgehead atoms. The Morgan fingerprint density at radius 2 is 1.83 bits per heavy atom. The molecule has 4 rings (SSSR count). The van der Waals surface area contributed by atoms with Gasteiger partial charge in [0.1, 0.15) is 6.10 Å². The van der Waals surface area contributed by atoms with Crippen LogP contribution in [0, 0.1) is 39.4 Å². The Bertz CT molecular complexity index is 928. The van der Waals surface area contributed by atoms with Crippen molar-refractivity contribution in [3.63, 3.8) is 0 Å². The van der Waals surface area contributed by atoms with Gasteiger partial charge in [-0.05, 0) is 84.2 Å². The molecular formula is C31H48O4. The van der Waals surface area contributed by atoms with E-state index >= 15 is 0 Å². The maximum Gasteiger partial charge on any atom is 0.293 e. The minimum Gasteiger partial charge on any atom is -0.464 e. The molecule has 0 aromatic heterocycles. The third-order valence-electron chi connectivity index (χ3n) is 11.6. The molecule has 35 heavy (non-hydrogen) atoms. The van der Waals surface area contributed by atoms with Crippen LogP contribution in [0.4, 0.5) is 0 Å². The van der Waals surface area contributed by atoms with Crippen LogP contribution >= 0.6 is 0 Å². The molecule has 4 nitrogen and oxygen atoms in total. The molecule has 0 saturated heterocycles. The first-order chi connectivity index (χ1) is 16.2. The fourth-order valence-electron chi connectivity index (χ4n) is 8.69. The Labute approximate surface area is 212 Å². The van der Waals surface area contributed by atoms with Gasteiger partial charge in [-0.2, -0.15) is 0 Å². The summed E-state index contributed by atoms with van der Waals surface area (Å²) in [7, 11) is 0. The van der Waals surface area contributed by atoms with Crippen molar-refractivity contribution in [1.29, 1.82) is 0 Å². The lowest BCUT2D eigenvalue weighted by molar-refractivity contribution is -0.140. The molecule has 0 aromatic rings. The van der Waals surface area contributed by atoms with Crippen molar-refractivity contribution in [2.75, 3.05) is 0 Å². The number of rotatable bonds is 7. The van der Waals surface area contributed by atoms with Crippen molar-refractivity contribution in [2.24, 2.45) is 39.4 Å². The molecule has 0 heterocycles. The standard InChI is InChI=1S/C31H48O4/c1-19(2)20(3)9-11-24(35-18-32)23-17-27(34)31(8)22-10-12-25-28(4,5)26(33)14-15-29(25,6)21(22)13-16-30(23,31)7/h10,13,18-19,23-27,33-34H,3,9,11-12,14-17H2,1-2,4-8H3/t23?,24-,25?,26+,27+,29-,30-,31-/m1/s1. The zero-order chi connectivity index (χ0) is 26.0. The summed E-state index contributed by atoms with van der Waals surface area (Å²) in [6.45, 7) is 20.5. The van der Waals surface area contributed by atoms with E-state index in [2.05, 4.69) is 67.2 Å². The molecule has 4 heteroatoms. The molecule has 4 aliphatic carbocycles. The summed E-state index contributed by atoms with van der Waals surface area (Å²) in [6, 6.07) is 0. The van der Waals surface area contributed by atoms with Gasteiger partial charge in [-0.25, -0.2) is 0 Å². The van der Waals surface area contributed by atoms with Gasteiger partial charge in [-0.1, -0.05) is 72.8 Å². The van der Waals surface area contributed by atoms with Crippen LogP contribution in [0.2, 0.25) is 0 Å². The predicted molar refractivity (Wildman–Crippen MR) is 140 cm³/mol. The van der Waals surface area contributed by atoms with Gasteiger partial charge in [-0.15, -0.1) is 0 Å². The first-order valence-electron chi connectivity index (χ1n) is 13.8. The number of fused-ring (bicyclic) bond motifs is 5. The average molecular weight is 485 g/mol. The SMILES string of the molecule is C=C(CC[C@@H](OC=O)C1C[C@H](O)[C@@]2(C)C3=CCC4C(C)(C)[C@@H](O)CC[C@]4(C)C3=CC[C@]12C)C(C)C. The second-order valence-corrected chi connectivity index (χ2v) is 13.6. The maximum atomic E-state index is 11.7. The monoisotopic (exact) mass is 484 g/mol. The van der Waals surface area contributed by atoms with E-state index in [1.807, 2.05) is 0 Å². The molecule has 2 saturated carbocycles. The molecule has 0 aliphatic heterocycles. The highest BCUT2D eigenvalue weighted by Crippen LogP contribution is 2.71. The molecule has 0 radical (unpaired) electrons. The minimum absolute atomic E-state index is 0.00264. The molecule has 8 atom stereocenters. The van der Waals surface area contributed by atoms with Crippen LogP contribution in [0.15, 0.2) is 35.5 Å². The summed E-state index contributed by atoms with van der Waals surface area (Å²) in [5.74, 6) is 0.868. The van der Waals surface area contributed by atoms with Gasteiger partial charge in [0.05, 0.1) is 12.2 Å². The highest BCUT2D eigenvalue weighted by Gasteiger charge is 2.67. The summed E-state index contributed by atoms with van der Waals surface area (Å²) < 4.78 is 5.74. The summed E-state index contributed by atoms with van der Waals surface area (Å²) in [5, 5.41) is 22.5. The number of aliphatic hydroxyl groups excluding tert-OH is 2. The van der Waals surface area contributed by atoms with Crippen LogP contribution in [0.3, 0.4) is 0 Å². The number of allylic oxidation sites excluding steroid dienone is 4. The van der Waals surface area contributed by atoms with E-state index in [0.29, 0.717) is 24.7 Å². The number of hydrogen-bond donors (Lipinski definition) is 2. The first kappa shape index (κ1) is 26.7. The Kier molecular flexibility index (Phi) is 6.76. The quantitative estimate of drug-likeness (QED) is 0.325. The van der Waals surface area contributed by atoms with Gasteiger partial charge < -0.3 is 14.9 Å².